The Morgan fingerprint density at radius 2 is 1.95 bits per heavy atom. The van der Waals surface area contributed by atoms with E-state index in [2.05, 4.69) is 10.3 Å². The van der Waals surface area contributed by atoms with Gasteiger partial charge in [0.25, 0.3) is 5.91 Å². The van der Waals surface area contributed by atoms with Crippen molar-refractivity contribution in [2.24, 2.45) is 5.92 Å². The number of piperidine rings is 1. The summed E-state index contributed by atoms with van der Waals surface area (Å²) in [7, 11) is 0. The zero-order chi connectivity index (χ0) is 13.9. The van der Waals surface area contributed by atoms with E-state index in [1.54, 1.807) is 24.5 Å². The molecule has 1 aliphatic carbocycles. The van der Waals surface area contributed by atoms with Gasteiger partial charge in [-0.3, -0.25) is 14.6 Å². The average Bonchev–Trinajstić information content (AvgIpc) is 3.31. The monoisotopic (exact) mass is 273 g/mol. The van der Waals surface area contributed by atoms with Crippen molar-refractivity contribution in [3.8, 4) is 0 Å². The van der Waals surface area contributed by atoms with Gasteiger partial charge in [-0.1, -0.05) is 0 Å². The van der Waals surface area contributed by atoms with Gasteiger partial charge in [0.2, 0.25) is 5.91 Å². The van der Waals surface area contributed by atoms with Crippen LogP contribution >= 0.6 is 0 Å². The highest BCUT2D eigenvalue weighted by atomic mass is 16.2. The minimum absolute atomic E-state index is 0.0131. The van der Waals surface area contributed by atoms with Gasteiger partial charge < -0.3 is 10.2 Å². The van der Waals surface area contributed by atoms with Crippen LogP contribution < -0.4 is 5.32 Å². The van der Waals surface area contributed by atoms with Crippen LogP contribution in [0.4, 0.5) is 0 Å². The third kappa shape index (κ3) is 2.98. The molecule has 2 heterocycles. The minimum atomic E-state index is 0.0131. The van der Waals surface area contributed by atoms with Gasteiger partial charge in [-0.05, 0) is 37.8 Å². The number of amides is 2. The maximum absolute atomic E-state index is 12.2. The molecule has 5 heteroatoms. The summed E-state index contributed by atoms with van der Waals surface area (Å²) in [6, 6.07) is 3.96. The molecule has 1 aromatic rings. The molecule has 5 nitrogen and oxygen atoms in total. The molecule has 0 atom stereocenters. The van der Waals surface area contributed by atoms with Crippen LogP contribution in [0, 0.1) is 5.92 Å². The van der Waals surface area contributed by atoms with E-state index in [-0.39, 0.29) is 17.7 Å². The SMILES string of the molecule is O=C(NC1CC1)C1CCN(C(=O)c2cccnc2)CC1. The van der Waals surface area contributed by atoms with Crippen molar-refractivity contribution in [2.45, 2.75) is 31.7 Å². The summed E-state index contributed by atoms with van der Waals surface area (Å²) in [6.45, 7) is 1.30. The van der Waals surface area contributed by atoms with Gasteiger partial charge in [0.1, 0.15) is 0 Å². The van der Waals surface area contributed by atoms with Gasteiger partial charge in [0.05, 0.1) is 5.56 Å². The first-order chi connectivity index (χ1) is 9.74. The molecule has 0 bridgehead atoms. The Labute approximate surface area is 118 Å². The second-order valence-electron chi connectivity index (χ2n) is 5.59. The van der Waals surface area contributed by atoms with Crippen LogP contribution in [0.5, 0.6) is 0 Å². The quantitative estimate of drug-likeness (QED) is 0.900. The summed E-state index contributed by atoms with van der Waals surface area (Å²) in [4.78, 5) is 30.0. The maximum atomic E-state index is 12.2. The number of rotatable bonds is 3. The Morgan fingerprint density at radius 1 is 1.20 bits per heavy atom. The lowest BCUT2D eigenvalue weighted by Gasteiger charge is -2.31. The molecule has 0 spiro atoms. The van der Waals surface area contributed by atoms with Gasteiger partial charge in [0.15, 0.2) is 0 Å². The first kappa shape index (κ1) is 13.1. The van der Waals surface area contributed by atoms with E-state index in [9.17, 15) is 9.59 Å². The summed E-state index contributed by atoms with van der Waals surface area (Å²) in [5.41, 5.74) is 0.619. The van der Waals surface area contributed by atoms with Crippen LogP contribution in [0.2, 0.25) is 0 Å². The lowest BCUT2D eigenvalue weighted by Crippen LogP contribution is -2.43. The molecular formula is C15H19N3O2. The molecule has 0 radical (unpaired) electrons. The number of nitrogens with zero attached hydrogens (tertiary/aromatic N) is 2. The molecule has 0 aromatic carbocycles. The van der Waals surface area contributed by atoms with Crippen LogP contribution in [-0.2, 0) is 4.79 Å². The topological polar surface area (TPSA) is 62.3 Å². The Kier molecular flexibility index (Phi) is 3.67. The van der Waals surface area contributed by atoms with E-state index in [0.29, 0.717) is 24.7 Å². The fourth-order valence-corrected chi connectivity index (χ4v) is 2.56. The van der Waals surface area contributed by atoms with Crippen molar-refractivity contribution in [3.63, 3.8) is 0 Å². The predicted octanol–water partition coefficient (Wildman–Crippen LogP) is 1.21. The molecule has 1 aliphatic heterocycles. The highest BCUT2D eigenvalue weighted by Gasteiger charge is 2.31. The van der Waals surface area contributed by atoms with Gasteiger partial charge in [0, 0.05) is 37.4 Å². The molecule has 3 rings (SSSR count). The lowest BCUT2D eigenvalue weighted by atomic mass is 9.95. The lowest BCUT2D eigenvalue weighted by molar-refractivity contribution is -0.126. The van der Waals surface area contributed by atoms with Crippen LogP contribution in [-0.4, -0.2) is 40.8 Å². The van der Waals surface area contributed by atoms with Gasteiger partial charge in [-0.2, -0.15) is 0 Å². The molecule has 1 saturated carbocycles. The number of hydrogen-bond acceptors (Lipinski definition) is 3. The summed E-state index contributed by atoms with van der Waals surface area (Å²) < 4.78 is 0. The van der Waals surface area contributed by atoms with Crippen LogP contribution in [0.25, 0.3) is 0 Å². The number of pyridine rings is 1. The summed E-state index contributed by atoms with van der Waals surface area (Å²) in [5.74, 6) is 0.244. The van der Waals surface area contributed by atoms with Gasteiger partial charge in [-0.25, -0.2) is 0 Å². The van der Waals surface area contributed by atoms with E-state index in [4.69, 9.17) is 0 Å². The van der Waals surface area contributed by atoms with Gasteiger partial charge >= 0.3 is 0 Å². The van der Waals surface area contributed by atoms with E-state index < -0.39 is 0 Å². The van der Waals surface area contributed by atoms with Crippen molar-refractivity contribution in [1.29, 1.82) is 0 Å². The Morgan fingerprint density at radius 3 is 2.55 bits per heavy atom. The average molecular weight is 273 g/mol. The van der Waals surface area contributed by atoms with E-state index in [1.807, 2.05) is 4.90 Å². The van der Waals surface area contributed by atoms with Crippen LogP contribution in [0.15, 0.2) is 24.5 Å². The number of nitrogens with one attached hydrogen (secondary N) is 1. The molecule has 2 amide bonds. The molecule has 0 unspecified atom stereocenters. The number of carbonyl (C=O) groups is 2. The second kappa shape index (κ2) is 5.61. The number of carbonyl (C=O) groups excluding carboxylic acids is 2. The number of hydrogen-bond donors (Lipinski definition) is 1. The van der Waals surface area contributed by atoms with E-state index in [1.165, 1.54) is 0 Å². The van der Waals surface area contributed by atoms with Crippen molar-refractivity contribution < 1.29 is 9.59 Å². The minimum Gasteiger partial charge on any atom is -0.353 e. The summed E-state index contributed by atoms with van der Waals surface area (Å²) in [5, 5.41) is 3.05. The van der Waals surface area contributed by atoms with Crippen molar-refractivity contribution in [2.75, 3.05) is 13.1 Å². The zero-order valence-electron chi connectivity index (χ0n) is 11.4. The van der Waals surface area contributed by atoms with E-state index in [0.717, 1.165) is 25.7 Å². The predicted molar refractivity (Wildman–Crippen MR) is 74.0 cm³/mol. The molecule has 2 fully saturated rings. The first-order valence-corrected chi connectivity index (χ1v) is 7.24. The van der Waals surface area contributed by atoms with Crippen molar-refractivity contribution in [1.82, 2.24) is 15.2 Å². The molecule has 1 aromatic heterocycles. The fraction of sp³-hybridized carbons (Fsp3) is 0.533. The molecule has 1 saturated heterocycles. The van der Waals surface area contributed by atoms with Gasteiger partial charge in [-0.15, -0.1) is 0 Å². The van der Waals surface area contributed by atoms with Crippen LogP contribution in [0.1, 0.15) is 36.0 Å². The Hall–Kier alpha value is -1.91. The third-order valence-corrected chi connectivity index (χ3v) is 3.99. The third-order valence-electron chi connectivity index (χ3n) is 3.99. The zero-order valence-corrected chi connectivity index (χ0v) is 11.4. The number of likely N-dealkylation sites (tertiary alicyclic amines) is 1. The molecule has 106 valence electrons. The Bertz CT molecular complexity index is 491. The largest absolute Gasteiger partial charge is 0.353 e. The summed E-state index contributed by atoms with van der Waals surface area (Å²) >= 11 is 0. The van der Waals surface area contributed by atoms with Crippen LogP contribution in [0.3, 0.4) is 0 Å². The fourth-order valence-electron chi connectivity index (χ4n) is 2.56. The highest BCUT2D eigenvalue weighted by Crippen LogP contribution is 2.23. The number of aromatic nitrogens is 1. The smallest absolute Gasteiger partial charge is 0.255 e. The second-order valence-corrected chi connectivity index (χ2v) is 5.59. The molecule has 1 N–H and O–H groups in total. The molecule has 20 heavy (non-hydrogen) atoms. The molecular weight excluding hydrogens is 254 g/mol. The Balaban J connectivity index is 1.53. The maximum Gasteiger partial charge on any atom is 0.255 e. The molecule has 2 aliphatic rings. The first-order valence-electron chi connectivity index (χ1n) is 7.24. The van der Waals surface area contributed by atoms with Crippen molar-refractivity contribution >= 4 is 11.8 Å². The highest BCUT2D eigenvalue weighted by molar-refractivity contribution is 5.94. The van der Waals surface area contributed by atoms with Crippen molar-refractivity contribution in [3.05, 3.63) is 30.1 Å². The summed E-state index contributed by atoms with van der Waals surface area (Å²) in [6.07, 6.45) is 6.99. The standard InChI is InChI=1S/C15H19N3O2/c19-14(17-13-3-4-13)11-5-8-18(9-6-11)15(20)12-2-1-7-16-10-12/h1-2,7,10-11,13H,3-6,8-9H2,(H,17,19). The van der Waals surface area contributed by atoms with E-state index >= 15 is 0 Å². The normalized spacial score (nSPS) is 19.7.